The molecule has 3 N–H and O–H groups in total. The summed E-state index contributed by atoms with van der Waals surface area (Å²) in [7, 11) is 0. The molecule has 0 fully saturated rings. The first-order chi connectivity index (χ1) is 11.8. The maximum Gasteiger partial charge on any atom is 0.359 e. The summed E-state index contributed by atoms with van der Waals surface area (Å²) in [6, 6.07) is 0. The molecule has 0 radical (unpaired) electrons. The maximum atomic E-state index is 11.0. The van der Waals surface area contributed by atoms with E-state index in [0.717, 1.165) is 19.3 Å². The molecule has 0 aliphatic heterocycles. The minimum absolute atomic E-state index is 0.0847. The summed E-state index contributed by atoms with van der Waals surface area (Å²) < 4.78 is -0.520. The van der Waals surface area contributed by atoms with Crippen LogP contribution < -0.4 is 0 Å². The Morgan fingerprint density at radius 1 is 0.720 bits per heavy atom. The Labute approximate surface area is 149 Å². The van der Waals surface area contributed by atoms with Crippen molar-refractivity contribution in [1.82, 2.24) is 0 Å². The van der Waals surface area contributed by atoms with Crippen molar-refractivity contribution < 1.29 is 34.2 Å². The first-order valence-electron chi connectivity index (χ1n) is 8.97. The van der Waals surface area contributed by atoms with Gasteiger partial charge < -0.3 is 15.3 Å². The third-order valence-electron chi connectivity index (χ3n) is 4.05. The highest BCUT2D eigenvalue weighted by molar-refractivity contribution is 5.73. The first-order valence-corrected chi connectivity index (χ1v) is 8.97. The zero-order valence-electron chi connectivity index (χ0n) is 15.2. The van der Waals surface area contributed by atoms with Crippen LogP contribution in [0, 0.1) is 0 Å². The van der Waals surface area contributed by atoms with Crippen LogP contribution in [0.2, 0.25) is 0 Å². The first kappa shape index (κ1) is 23.1. The maximum absolute atomic E-state index is 11.0. The van der Waals surface area contributed by atoms with Crippen LogP contribution in [0.1, 0.15) is 58.3 Å². The van der Waals surface area contributed by atoms with Gasteiger partial charge in [0.1, 0.15) is 0 Å². The number of carbonyl (C=O) groups is 3. The molecule has 0 aliphatic rings. The molecule has 0 aliphatic carbocycles. The second-order valence-electron chi connectivity index (χ2n) is 6.56. The number of hydrogen-bond donors (Lipinski definition) is 3. The zero-order valence-corrected chi connectivity index (χ0v) is 15.2. The van der Waals surface area contributed by atoms with Crippen LogP contribution in [-0.2, 0) is 14.4 Å². The lowest BCUT2D eigenvalue weighted by atomic mass is 10.1. The topological polar surface area (TPSA) is 112 Å². The van der Waals surface area contributed by atoms with Gasteiger partial charge in [-0.1, -0.05) is 51.5 Å². The van der Waals surface area contributed by atoms with Gasteiger partial charge >= 0.3 is 17.9 Å². The molecule has 144 valence electrons. The van der Waals surface area contributed by atoms with Gasteiger partial charge in [-0.05, 0) is 18.9 Å². The predicted molar refractivity (Wildman–Crippen MR) is 94.4 cm³/mol. The van der Waals surface area contributed by atoms with E-state index in [0.29, 0.717) is 0 Å². The Hall–Kier alpha value is -1.89. The molecule has 0 saturated heterocycles. The Kier molecular flexibility index (Phi) is 12.4. The van der Waals surface area contributed by atoms with Crippen molar-refractivity contribution in [3.63, 3.8) is 0 Å². The molecular formula is C18H32NO6+. The monoisotopic (exact) mass is 358 g/mol. The smallest absolute Gasteiger partial charge is 0.359 e. The fourth-order valence-electron chi connectivity index (χ4n) is 2.86. The molecule has 25 heavy (non-hydrogen) atoms. The van der Waals surface area contributed by atoms with E-state index in [9.17, 15) is 14.4 Å². The highest BCUT2D eigenvalue weighted by atomic mass is 16.4. The molecule has 0 rings (SSSR count). The van der Waals surface area contributed by atoms with E-state index in [2.05, 4.69) is 6.92 Å². The van der Waals surface area contributed by atoms with E-state index < -0.39 is 42.0 Å². The van der Waals surface area contributed by atoms with Crippen LogP contribution >= 0.6 is 0 Å². The van der Waals surface area contributed by atoms with E-state index in [4.69, 9.17) is 15.3 Å². The van der Waals surface area contributed by atoms with Gasteiger partial charge in [-0.2, -0.15) is 0 Å². The normalized spacial score (nSPS) is 11.7. The number of quaternary nitrogens is 1. The van der Waals surface area contributed by atoms with Crippen molar-refractivity contribution in [2.45, 2.75) is 58.3 Å². The molecule has 7 nitrogen and oxygen atoms in total. The average molecular weight is 358 g/mol. The molecule has 0 saturated carbocycles. The van der Waals surface area contributed by atoms with Crippen LogP contribution in [0.25, 0.3) is 0 Å². The number of carboxylic acids is 3. The quantitative estimate of drug-likeness (QED) is 0.222. The van der Waals surface area contributed by atoms with Crippen LogP contribution in [0.3, 0.4) is 0 Å². The fourth-order valence-corrected chi connectivity index (χ4v) is 2.86. The number of hydrogen-bond acceptors (Lipinski definition) is 3. The Bertz CT molecular complexity index is 406. The number of rotatable bonds is 16. The minimum Gasteiger partial charge on any atom is -0.477 e. The summed E-state index contributed by atoms with van der Waals surface area (Å²) in [5.74, 6) is -3.62. The molecule has 0 spiro atoms. The zero-order chi connectivity index (χ0) is 19.1. The van der Waals surface area contributed by atoms with Gasteiger partial charge in [-0.3, -0.25) is 4.48 Å². The Morgan fingerprint density at radius 3 is 1.60 bits per heavy atom. The molecular weight excluding hydrogens is 326 g/mol. The molecule has 7 heteroatoms. The van der Waals surface area contributed by atoms with Gasteiger partial charge in [0.25, 0.3) is 0 Å². The van der Waals surface area contributed by atoms with Crippen molar-refractivity contribution >= 4 is 17.9 Å². The van der Waals surface area contributed by atoms with E-state index >= 15 is 0 Å². The SMILES string of the molecule is CCCCCCCCC/C=C/C[N+](CC(=O)O)(CC(=O)O)CC(=O)O. The second-order valence-corrected chi connectivity index (χ2v) is 6.56. The van der Waals surface area contributed by atoms with E-state index in [-0.39, 0.29) is 6.54 Å². The fraction of sp³-hybridized carbons (Fsp3) is 0.722. The number of allylic oxidation sites excluding steroid dienone is 1. The van der Waals surface area contributed by atoms with Crippen LogP contribution in [0.4, 0.5) is 0 Å². The van der Waals surface area contributed by atoms with Crippen molar-refractivity contribution in [2.75, 3.05) is 26.2 Å². The molecule has 0 heterocycles. The van der Waals surface area contributed by atoms with Crippen LogP contribution in [0.5, 0.6) is 0 Å². The summed E-state index contributed by atoms with van der Waals surface area (Å²) >= 11 is 0. The van der Waals surface area contributed by atoms with Gasteiger partial charge in [0.05, 0.1) is 6.54 Å². The molecule has 0 unspecified atom stereocenters. The molecule has 0 aromatic carbocycles. The average Bonchev–Trinajstić information content (AvgIpc) is 2.47. The van der Waals surface area contributed by atoms with Gasteiger partial charge in [-0.15, -0.1) is 0 Å². The van der Waals surface area contributed by atoms with E-state index in [1.165, 1.54) is 32.1 Å². The lowest BCUT2D eigenvalue weighted by Gasteiger charge is -2.33. The summed E-state index contributed by atoms with van der Waals surface area (Å²) in [5.41, 5.74) is 0. The summed E-state index contributed by atoms with van der Waals surface area (Å²) in [6.45, 7) is 0.685. The van der Waals surface area contributed by atoms with Gasteiger partial charge in [0.15, 0.2) is 19.6 Å². The number of aliphatic carboxylic acids is 3. The summed E-state index contributed by atoms with van der Waals surface area (Å²) in [6.07, 6.45) is 12.8. The Morgan fingerprint density at radius 2 is 1.16 bits per heavy atom. The standard InChI is InChI=1S/C18H31NO6/c1-2-3-4-5-6-7-8-9-10-11-12-19(13-16(20)21,14-17(22)23)15-18(24)25/h10-11H,2-9,12-15H2,1H3,(H2-,20,21,22,23,24,25)/p+1/b11-10+. The molecule has 0 bridgehead atoms. The largest absolute Gasteiger partial charge is 0.477 e. The lowest BCUT2D eigenvalue weighted by Crippen LogP contribution is -2.56. The molecule has 0 aromatic heterocycles. The minimum atomic E-state index is -1.21. The second kappa shape index (κ2) is 13.4. The van der Waals surface area contributed by atoms with E-state index in [1.54, 1.807) is 6.08 Å². The molecule has 0 atom stereocenters. The lowest BCUT2D eigenvalue weighted by molar-refractivity contribution is -0.902. The highest BCUT2D eigenvalue weighted by Gasteiger charge is 2.34. The third kappa shape index (κ3) is 13.1. The summed E-state index contributed by atoms with van der Waals surface area (Å²) in [5, 5.41) is 27.0. The molecule has 0 aromatic rings. The summed E-state index contributed by atoms with van der Waals surface area (Å²) in [4.78, 5) is 33.1. The number of carboxylic acid groups (broad SMARTS) is 3. The highest BCUT2D eigenvalue weighted by Crippen LogP contribution is 2.10. The van der Waals surface area contributed by atoms with Crippen molar-refractivity contribution in [1.29, 1.82) is 0 Å². The van der Waals surface area contributed by atoms with Crippen molar-refractivity contribution in [3.8, 4) is 0 Å². The van der Waals surface area contributed by atoms with Gasteiger partial charge in [0.2, 0.25) is 0 Å². The van der Waals surface area contributed by atoms with Crippen LogP contribution in [-0.4, -0.2) is 63.9 Å². The van der Waals surface area contributed by atoms with Gasteiger partial charge in [0, 0.05) is 0 Å². The molecule has 0 amide bonds. The van der Waals surface area contributed by atoms with E-state index in [1.807, 2.05) is 6.08 Å². The van der Waals surface area contributed by atoms with Gasteiger partial charge in [-0.25, -0.2) is 14.4 Å². The number of unbranched alkanes of at least 4 members (excludes halogenated alkanes) is 7. The third-order valence-corrected chi connectivity index (χ3v) is 4.05. The Balaban J connectivity index is 4.41. The predicted octanol–water partition coefficient (Wildman–Crippen LogP) is 2.75. The number of nitrogens with zero attached hydrogens (tertiary/aromatic N) is 1. The van der Waals surface area contributed by atoms with Crippen molar-refractivity contribution in [2.24, 2.45) is 0 Å². The van der Waals surface area contributed by atoms with Crippen molar-refractivity contribution in [3.05, 3.63) is 12.2 Å². The van der Waals surface area contributed by atoms with Crippen LogP contribution in [0.15, 0.2) is 12.2 Å².